The Bertz CT molecular complexity index is 598. The standard InChI is InChI=1S/C15H17NO6/c1-19-14(18)10-6-7-11(12-5-4-8-22-12)16-13(10)15(9-17,20-2)21-3/h4-9,13,16H,1-3H3. The molecule has 7 nitrogen and oxygen atoms in total. The number of methoxy groups -OCH3 is 3. The van der Waals surface area contributed by atoms with Crippen molar-refractivity contribution in [2.45, 2.75) is 11.8 Å². The number of carbonyl (C=O) groups excluding carboxylic acids is 2. The van der Waals surface area contributed by atoms with E-state index in [1.165, 1.54) is 27.6 Å². The van der Waals surface area contributed by atoms with Crippen LogP contribution in [-0.2, 0) is 23.8 Å². The predicted molar refractivity (Wildman–Crippen MR) is 76.5 cm³/mol. The predicted octanol–water partition coefficient (Wildman–Crippen LogP) is 0.880. The summed E-state index contributed by atoms with van der Waals surface area (Å²) in [6.07, 6.45) is 5.21. The quantitative estimate of drug-likeness (QED) is 0.474. The van der Waals surface area contributed by atoms with Crippen molar-refractivity contribution in [3.63, 3.8) is 0 Å². The van der Waals surface area contributed by atoms with Gasteiger partial charge in [-0.25, -0.2) is 4.79 Å². The second kappa shape index (κ2) is 6.59. The van der Waals surface area contributed by atoms with Gasteiger partial charge in [-0.05, 0) is 24.3 Å². The summed E-state index contributed by atoms with van der Waals surface area (Å²) in [5.41, 5.74) is 0.789. The number of carbonyl (C=O) groups is 2. The lowest BCUT2D eigenvalue weighted by Gasteiger charge is -2.36. The lowest BCUT2D eigenvalue weighted by atomic mass is 9.94. The summed E-state index contributed by atoms with van der Waals surface area (Å²) >= 11 is 0. The Morgan fingerprint density at radius 2 is 2.05 bits per heavy atom. The topological polar surface area (TPSA) is 87.0 Å². The van der Waals surface area contributed by atoms with Crippen molar-refractivity contribution in [1.29, 1.82) is 0 Å². The highest BCUT2D eigenvalue weighted by atomic mass is 16.7. The molecule has 1 aromatic heterocycles. The molecule has 0 radical (unpaired) electrons. The van der Waals surface area contributed by atoms with Gasteiger partial charge in [-0.3, -0.25) is 4.79 Å². The molecule has 2 rings (SSSR count). The van der Waals surface area contributed by atoms with Gasteiger partial charge in [-0.2, -0.15) is 0 Å². The summed E-state index contributed by atoms with van der Waals surface area (Å²) in [4.78, 5) is 23.5. The van der Waals surface area contributed by atoms with Crippen molar-refractivity contribution in [3.8, 4) is 0 Å². The van der Waals surface area contributed by atoms with Gasteiger partial charge in [0.25, 0.3) is 5.79 Å². The average molecular weight is 307 g/mol. The summed E-state index contributed by atoms with van der Waals surface area (Å²) < 4.78 is 20.5. The highest BCUT2D eigenvalue weighted by Crippen LogP contribution is 2.28. The van der Waals surface area contributed by atoms with Crippen LogP contribution in [0.15, 0.2) is 40.5 Å². The molecule has 1 aromatic rings. The molecule has 118 valence electrons. The molecular formula is C15H17NO6. The van der Waals surface area contributed by atoms with E-state index < -0.39 is 17.8 Å². The first-order valence-electron chi connectivity index (χ1n) is 6.49. The lowest BCUT2D eigenvalue weighted by molar-refractivity contribution is -0.204. The maximum Gasteiger partial charge on any atom is 0.336 e. The molecular weight excluding hydrogens is 290 g/mol. The van der Waals surface area contributed by atoms with Crippen LogP contribution in [-0.4, -0.2) is 45.4 Å². The van der Waals surface area contributed by atoms with E-state index >= 15 is 0 Å². The molecule has 1 unspecified atom stereocenters. The Labute approximate surface area is 127 Å². The van der Waals surface area contributed by atoms with E-state index in [1.54, 1.807) is 24.3 Å². The molecule has 0 amide bonds. The highest BCUT2D eigenvalue weighted by molar-refractivity contribution is 5.93. The first-order chi connectivity index (χ1) is 10.6. The third-order valence-electron chi connectivity index (χ3n) is 3.45. The molecule has 1 atom stereocenters. The molecule has 0 aliphatic carbocycles. The molecule has 7 heteroatoms. The van der Waals surface area contributed by atoms with Crippen LogP contribution >= 0.6 is 0 Å². The Hall–Kier alpha value is -2.38. The van der Waals surface area contributed by atoms with E-state index in [4.69, 9.17) is 18.6 Å². The normalized spacial score (nSPS) is 18.0. The average Bonchev–Trinajstić information content (AvgIpc) is 3.11. The molecule has 0 bridgehead atoms. The van der Waals surface area contributed by atoms with E-state index in [2.05, 4.69) is 5.32 Å². The van der Waals surface area contributed by atoms with E-state index in [0.29, 0.717) is 17.7 Å². The van der Waals surface area contributed by atoms with Gasteiger partial charge >= 0.3 is 5.97 Å². The molecule has 0 saturated carbocycles. The number of ether oxygens (including phenoxy) is 3. The fourth-order valence-corrected chi connectivity index (χ4v) is 2.24. The Morgan fingerprint density at radius 1 is 1.32 bits per heavy atom. The van der Waals surface area contributed by atoms with Crippen molar-refractivity contribution in [2.75, 3.05) is 21.3 Å². The first-order valence-corrected chi connectivity index (χ1v) is 6.49. The number of aldehydes is 1. The zero-order chi connectivity index (χ0) is 16.2. The molecule has 0 saturated heterocycles. The van der Waals surface area contributed by atoms with Gasteiger partial charge in [0.2, 0.25) is 0 Å². The number of esters is 1. The SMILES string of the molecule is COC(=O)C1=CC=C(c2ccco2)NC1C(C=O)(OC)OC. The van der Waals surface area contributed by atoms with Crippen LogP contribution < -0.4 is 5.32 Å². The largest absolute Gasteiger partial charge is 0.466 e. The molecule has 1 N–H and O–H groups in total. The molecule has 1 aliphatic rings. The van der Waals surface area contributed by atoms with E-state index in [9.17, 15) is 9.59 Å². The fraction of sp³-hybridized carbons (Fsp3) is 0.333. The van der Waals surface area contributed by atoms with Gasteiger partial charge in [0.05, 0.1) is 24.6 Å². The van der Waals surface area contributed by atoms with E-state index in [0.717, 1.165) is 0 Å². The van der Waals surface area contributed by atoms with Crippen molar-refractivity contribution in [3.05, 3.63) is 41.9 Å². The van der Waals surface area contributed by atoms with Crippen LogP contribution in [0.5, 0.6) is 0 Å². The van der Waals surface area contributed by atoms with E-state index in [-0.39, 0.29) is 5.57 Å². The minimum Gasteiger partial charge on any atom is -0.466 e. The number of dihydropyridines is 1. The minimum atomic E-state index is -1.67. The summed E-state index contributed by atoms with van der Waals surface area (Å²) in [5.74, 6) is -1.71. The maximum atomic E-state index is 12.0. The zero-order valence-corrected chi connectivity index (χ0v) is 12.5. The van der Waals surface area contributed by atoms with Crippen molar-refractivity contribution >= 4 is 18.0 Å². The zero-order valence-electron chi connectivity index (χ0n) is 12.5. The first kappa shape index (κ1) is 16.0. The lowest BCUT2D eigenvalue weighted by Crippen LogP contribution is -2.57. The molecule has 0 spiro atoms. The van der Waals surface area contributed by atoms with Gasteiger partial charge in [0, 0.05) is 14.2 Å². The Kier molecular flexibility index (Phi) is 4.79. The third kappa shape index (κ3) is 2.68. The molecule has 0 aromatic carbocycles. The Morgan fingerprint density at radius 3 is 2.55 bits per heavy atom. The van der Waals surface area contributed by atoms with Crippen molar-refractivity contribution in [2.24, 2.45) is 0 Å². The van der Waals surface area contributed by atoms with Crippen LogP contribution in [0.3, 0.4) is 0 Å². The number of furan rings is 1. The molecule has 2 heterocycles. The fourth-order valence-electron chi connectivity index (χ4n) is 2.24. The maximum absolute atomic E-state index is 12.0. The summed E-state index contributed by atoms with van der Waals surface area (Å²) in [5, 5.41) is 3.03. The second-order valence-electron chi connectivity index (χ2n) is 4.50. The van der Waals surface area contributed by atoms with Crippen molar-refractivity contribution < 1.29 is 28.2 Å². The van der Waals surface area contributed by atoms with Gasteiger partial charge in [-0.15, -0.1) is 0 Å². The number of hydrogen-bond donors (Lipinski definition) is 1. The number of allylic oxidation sites excluding steroid dienone is 2. The van der Waals surface area contributed by atoms with Gasteiger partial charge in [0.15, 0.2) is 6.29 Å². The number of nitrogens with one attached hydrogen (secondary N) is 1. The molecule has 22 heavy (non-hydrogen) atoms. The van der Waals surface area contributed by atoms with Crippen LogP contribution in [0.25, 0.3) is 5.70 Å². The van der Waals surface area contributed by atoms with Gasteiger partial charge in [-0.1, -0.05) is 0 Å². The molecule has 1 aliphatic heterocycles. The van der Waals surface area contributed by atoms with Gasteiger partial charge in [0.1, 0.15) is 11.8 Å². The van der Waals surface area contributed by atoms with Crippen molar-refractivity contribution in [1.82, 2.24) is 5.32 Å². The number of rotatable bonds is 6. The van der Waals surface area contributed by atoms with Crippen LogP contribution in [0.2, 0.25) is 0 Å². The smallest absolute Gasteiger partial charge is 0.336 e. The van der Waals surface area contributed by atoms with Crippen LogP contribution in [0.1, 0.15) is 5.76 Å². The Balaban J connectivity index is 2.46. The minimum absolute atomic E-state index is 0.202. The monoisotopic (exact) mass is 307 g/mol. The summed E-state index contributed by atoms with van der Waals surface area (Å²) in [7, 11) is 3.90. The summed E-state index contributed by atoms with van der Waals surface area (Å²) in [6, 6.07) is 2.58. The van der Waals surface area contributed by atoms with Gasteiger partial charge < -0.3 is 23.9 Å². The highest BCUT2D eigenvalue weighted by Gasteiger charge is 2.45. The summed E-state index contributed by atoms with van der Waals surface area (Å²) in [6.45, 7) is 0. The van der Waals surface area contributed by atoms with Crippen LogP contribution in [0, 0.1) is 0 Å². The molecule has 0 fully saturated rings. The number of hydrogen-bond acceptors (Lipinski definition) is 7. The third-order valence-corrected chi connectivity index (χ3v) is 3.45. The van der Waals surface area contributed by atoms with Crippen LogP contribution in [0.4, 0.5) is 0 Å². The second-order valence-corrected chi connectivity index (χ2v) is 4.50. The van der Waals surface area contributed by atoms with E-state index in [1.807, 2.05) is 0 Å².